The summed E-state index contributed by atoms with van der Waals surface area (Å²) in [5, 5.41) is 19.7. The summed E-state index contributed by atoms with van der Waals surface area (Å²) in [6.07, 6.45) is -0.117. The first-order chi connectivity index (χ1) is 8.47. The molecule has 18 heavy (non-hydrogen) atoms. The fourth-order valence-corrected chi connectivity index (χ4v) is 1.75. The normalized spacial score (nSPS) is 11.9. The number of carboxylic acid groups (broad SMARTS) is 1. The summed E-state index contributed by atoms with van der Waals surface area (Å²) in [5.74, 6) is -2.59. The first kappa shape index (κ1) is 14.6. The monoisotopic (exact) mass is 319 g/mol. The lowest BCUT2D eigenvalue weighted by molar-refractivity contribution is -0.139. The van der Waals surface area contributed by atoms with Gasteiger partial charge in [0.25, 0.3) is 5.91 Å². The standard InChI is InChI=1S/C11H11BrFNO4/c12-9-6(2-1-3-7(9)13)10(16)14-8(4-5-15)11(17)18/h1-3,8,15H,4-5H2,(H,14,16)(H,17,18). The third kappa shape index (κ3) is 3.51. The molecule has 1 aromatic carbocycles. The van der Waals surface area contributed by atoms with E-state index in [1.807, 2.05) is 0 Å². The molecule has 0 saturated carbocycles. The van der Waals surface area contributed by atoms with Gasteiger partial charge >= 0.3 is 5.97 Å². The number of amides is 1. The lowest BCUT2D eigenvalue weighted by Gasteiger charge is -2.13. The molecule has 1 amide bonds. The molecule has 1 aromatic rings. The van der Waals surface area contributed by atoms with Gasteiger partial charge in [0.1, 0.15) is 11.9 Å². The van der Waals surface area contributed by atoms with E-state index in [0.717, 1.165) is 0 Å². The summed E-state index contributed by atoms with van der Waals surface area (Å²) in [6, 6.07) is 2.66. The van der Waals surface area contributed by atoms with Crippen molar-refractivity contribution >= 4 is 27.8 Å². The predicted octanol–water partition coefficient (Wildman–Crippen LogP) is 1.15. The number of rotatable bonds is 5. The van der Waals surface area contributed by atoms with Gasteiger partial charge in [0.2, 0.25) is 0 Å². The molecule has 0 bridgehead atoms. The minimum absolute atomic E-state index is 0.000750. The molecule has 0 saturated heterocycles. The molecule has 98 valence electrons. The van der Waals surface area contributed by atoms with E-state index in [0.29, 0.717) is 0 Å². The van der Waals surface area contributed by atoms with Crippen LogP contribution < -0.4 is 5.32 Å². The van der Waals surface area contributed by atoms with Crippen LogP contribution in [0.3, 0.4) is 0 Å². The number of hydrogen-bond donors (Lipinski definition) is 3. The quantitative estimate of drug-likeness (QED) is 0.760. The number of carboxylic acids is 1. The highest BCUT2D eigenvalue weighted by Gasteiger charge is 2.21. The van der Waals surface area contributed by atoms with Crippen LogP contribution in [0.15, 0.2) is 22.7 Å². The van der Waals surface area contributed by atoms with Crippen molar-refractivity contribution in [3.63, 3.8) is 0 Å². The highest BCUT2D eigenvalue weighted by molar-refractivity contribution is 9.10. The van der Waals surface area contributed by atoms with Crippen LogP contribution in [-0.2, 0) is 4.79 Å². The zero-order valence-electron chi connectivity index (χ0n) is 9.19. The van der Waals surface area contributed by atoms with Crippen LogP contribution in [0, 0.1) is 5.82 Å². The van der Waals surface area contributed by atoms with Crippen LogP contribution in [0.1, 0.15) is 16.8 Å². The Morgan fingerprint density at radius 2 is 2.11 bits per heavy atom. The molecule has 3 N–H and O–H groups in total. The van der Waals surface area contributed by atoms with E-state index in [-0.39, 0.29) is 23.1 Å². The minimum atomic E-state index is -1.26. The molecule has 0 aliphatic carbocycles. The van der Waals surface area contributed by atoms with Gasteiger partial charge in [0.05, 0.1) is 10.0 Å². The summed E-state index contributed by atoms with van der Waals surface area (Å²) in [4.78, 5) is 22.6. The number of carbonyl (C=O) groups excluding carboxylic acids is 1. The third-order valence-electron chi connectivity index (χ3n) is 2.22. The molecule has 0 aromatic heterocycles. The zero-order chi connectivity index (χ0) is 13.7. The van der Waals surface area contributed by atoms with E-state index in [1.165, 1.54) is 18.2 Å². The van der Waals surface area contributed by atoms with Crippen LogP contribution in [0.5, 0.6) is 0 Å². The number of nitrogens with one attached hydrogen (secondary N) is 1. The molecule has 0 radical (unpaired) electrons. The van der Waals surface area contributed by atoms with Crippen molar-refractivity contribution < 1.29 is 24.2 Å². The second-order valence-electron chi connectivity index (χ2n) is 3.48. The van der Waals surface area contributed by atoms with Gasteiger partial charge in [-0.15, -0.1) is 0 Å². The lowest BCUT2D eigenvalue weighted by atomic mass is 10.1. The van der Waals surface area contributed by atoms with Gasteiger partial charge in [-0.05, 0) is 28.1 Å². The van der Waals surface area contributed by atoms with Gasteiger partial charge in [0, 0.05) is 13.0 Å². The maximum Gasteiger partial charge on any atom is 0.326 e. The van der Waals surface area contributed by atoms with E-state index < -0.39 is 23.7 Å². The van der Waals surface area contributed by atoms with Crippen molar-refractivity contribution in [2.45, 2.75) is 12.5 Å². The summed E-state index contributed by atoms with van der Waals surface area (Å²) in [6.45, 7) is -0.373. The van der Waals surface area contributed by atoms with E-state index in [4.69, 9.17) is 10.2 Å². The minimum Gasteiger partial charge on any atom is -0.480 e. The molecule has 5 nitrogen and oxygen atoms in total. The highest BCUT2D eigenvalue weighted by atomic mass is 79.9. The van der Waals surface area contributed by atoms with Crippen molar-refractivity contribution in [3.8, 4) is 0 Å². The smallest absolute Gasteiger partial charge is 0.326 e. The van der Waals surface area contributed by atoms with Gasteiger partial charge in [-0.1, -0.05) is 6.07 Å². The summed E-state index contributed by atoms with van der Waals surface area (Å²) >= 11 is 2.91. The average Bonchev–Trinajstić information content (AvgIpc) is 2.31. The number of aliphatic carboxylic acids is 1. The second kappa shape index (κ2) is 6.46. The maximum absolute atomic E-state index is 13.2. The largest absolute Gasteiger partial charge is 0.480 e. The fourth-order valence-electron chi connectivity index (χ4n) is 1.30. The molecule has 0 aliphatic rings. The molecule has 0 spiro atoms. The van der Waals surface area contributed by atoms with Gasteiger partial charge in [-0.2, -0.15) is 0 Å². The lowest BCUT2D eigenvalue weighted by Crippen LogP contribution is -2.41. The van der Waals surface area contributed by atoms with E-state index >= 15 is 0 Å². The third-order valence-corrected chi connectivity index (χ3v) is 3.02. The van der Waals surface area contributed by atoms with Crippen LogP contribution in [0.2, 0.25) is 0 Å². The molecule has 0 heterocycles. The van der Waals surface area contributed by atoms with Crippen LogP contribution in [-0.4, -0.2) is 34.7 Å². The van der Waals surface area contributed by atoms with Crippen molar-refractivity contribution in [2.24, 2.45) is 0 Å². The van der Waals surface area contributed by atoms with Gasteiger partial charge in [0.15, 0.2) is 0 Å². The summed E-state index contributed by atoms with van der Waals surface area (Å²) < 4.78 is 13.2. The topological polar surface area (TPSA) is 86.6 Å². The van der Waals surface area contributed by atoms with Crippen LogP contribution >= 0.6 is 15.9 Å². The molecule has 1 unspecified atom stereocenters. The van der Waals surface area contributed by atoms with Crippen molar-refractivity contribution in [1.82, 2.24) is 5.32 Å². The molecular formula is C11H11BrFNO4. The Bertz CT molecular complexity index is 466. The predicted molar refractivity (Wildman–Crippen MR) is 64.7 cm³/mol. The average molecular weight is 320 g/mol. The van der Waals surface area contributed by atoms with E-state index in [2.05, 4.69) is 21.2 Å². The Balaban J connectivity index is 2.87. The van der Waals surface area contributed by atoms with Crippen molar-refractivity contribution in [1.29, 1.82) is 0 Å². The molecule has 0 aliphatic heterocycles. The zero-order valence-corrected chi connectivity index (χ0v) is 10.8. The Labute approximate surface area is 111 Å². The number of carbonyl (C=O) groups is 2. The first-order valence-electron chi connectivity index (χ1n) is 5.06. The van der Waals surface area contributed by atoms with Gasteiger partial charge in [-0.25, -0.2) is 9.18 Å². The summed E-state index contributed by atoms with van der Waals surface area (Å²) in [7, 11) is 0. The Kier molecular flexibility index (Phi) is 5.24. The molecule has 1 rings (SSSR count). The van der Waals surface area contributed by atoms with Crippen molar-refractivity contribution in [3.05, 3.63) is 34.1 Å². The SMILES string of the molecule is O=C(NC(CCO)C(=O)O)c1cccc(F)c1Br. The maximum atomic E-state index is 13.2. The number of aliphatic hydroxyl groups is 1. The first-order valence-corrected chi connectivity index (χ1v) is 5.85. The molecular weight excluding hydrogens is 309 g/mol. The Morgan fingerprint density at radius 1 is 1.44 bits per heavy atom. The van der Waals surface area contributed by atoms with Crippen LogP contribution in [0.4, 0.5) is 4.39 Å². The van der Waals surface area contributed by atoms with E-state index in [9.17, 15) is 14.0 Å². The second-order valence-corrected chi connectivity index (χ2v) is 4.27. The Hall–Kier alpha value is -1.47. The number of halogens is 2. The fraction of sp³-hybridized carbons (Fsp3) is 0.273. The number of aliphatic hydroxyl groups excluding tert-OH is 1. The molecule has 1 atom stereocenters. The summed E-state index contributed by atoms with van der Waals surface area (Å²) in [5.41, 5.74) is -0.000750. The van der Waals surface area contributed by atoms with E-state index in [1.54, 1.807) is 0 Å². The molecule has 0 fully saturated rings. The Morgan fingerprint density at radius 3 is 2.67 bits per heavy atom. The molecule has 7 heteroatoms. The van der Waals surface area contributed by atoms with Crippen molar-refractivity contribution in [2.75, 3.05) is 6.61 Å². The highest BCUT2D eigenvalue weighted by Crippen LogP contribution is 2.20. The number of benzene rings is 1. The van der Waals surface area contributed by atoms with Gasteiger partial charge in [-0.3, -0.25) is 4.79 Å². The number of hydrogen-bond acceptors (Lipinski definition) is 3. The van der Waals surface area contributed by atoms with Crippen LogP contribution in [0.25, 0.3) is 0 Å². The van der Waals surface area contributed by atoms with Gasteiger partial charge < -0.3 is 15.5 Å².